The van der Waals surface area contributed by atoms with Crippen molar-refractivity contribution in [2.24, 2.45) is 0 Å². The lowest BCUT2D eigenvalue weighted by atomic mass is 9.97. The number of carbonyl (C=O) groups is 1. The molecule has 0 aliphatic heterocycles. The van der Waals surface area contributed by atoms with Gasteiger partial charge in [0.2, 0.25) is 0 Å². The molecule has 0 fully saturated rings. The lowest BCUT2D eigenvalue weighted by Gasteiger charge is -2.07. The van der Waals surface area contributed by atoms with Crippen LogP contribution in [0.5, 0.6) is 5.75 Å². The van der Waals surface area contributed by atoms with Gasteiger partial charge in [-0.05, 0) is 41.5 Å². The van der Waals surface area contributed by atoms with Gasteiger partial charge in [-0.25, -0.2) is 4.98 Å². The number of hydrogen-bond acceptors (Lipinski definition) is 4. The van der Waals surface area contributed by atoms with Crippen molar-refractivity contribution >= 4 is 22.5 Å². The summed E-state index contributed by atoms with van der Waals surface area (Å²) in [5, 5.41) is 0.783. The number of nitrogen functional groups attached to an aromatic ring is 1. The number of hydrogen-bond donors (Lipinski definition) is 2. The van der Waals surface area contributed by atoms with Crippen LogP contribution in [0, 0.1) is 0 Å². The third kappa shape index (κ3) is 2.69. The maximum Gasteiger partial charge on any atom is 0.195 e. The van der Waals surface area contributed by atoms with Gasteiger partial charge in [0.25, 0.3) is 0 Å². The van der Waals surface area contributed by atoms with E-state index in [9.17, 15) is 4.79 Å². The molecular weight excluding hydrogens is 326 g/mol. The van der Waals surface area contributed by atoms with E-state index in [1.165, 1.54) is 0 Å². The molecule has 0 saturated carbocycles. The van der Waals surface area contributed by atoms with Gasteiger partial charge in [0.1, 0.15) is 11.4 Å². The standard InChI is InChI=1S/C21H17N3O2/c1-26-16-7-3-5-14(11-16)20(25)18-12-24-21-19(18)17(8-9-23-21)13-4-2-6-15(22)10-13/h2-12H,22H2,1H3,(H,23,24). The molecule has 0 aliphatic rings. The number of ketones is 1. The van der Waals surface area contributed by atoms with E-state index in [-0.39, 0.29) is 5.78 Å². The number of methoxy groups -OCH3 is 1. The van der Waals surface area contributed by atoms with Crippen molar-refractivity contribution in [2.45, 2.75) is 0 Å². The van der Waals surface area contributed by atoms with Crippen LogP contribution in [0.1, 0.15) is 15.9 Å². The molecule has 0 saturated heterocycles. The number of rotatable bonds is 4. The Bertz CT molecular complexity index is 1120. The maximum atomic E-state index is 13.1. The minimum Gasteiger partial charge on any atom is -0.497 e. The number of ether oxygens (including phenoxy) is 1. The van der Waals surface area contributed by atoms with Gasteiger partial charge in [0.05, 0.1) is 12.7 Å². The first-order valence-corrected chi connectivity index (χ1v) is 8.18. The van der Waals surface area contributed by atoms with E-state index in [1.807, 2.05) is 36.4 Å². The van der Waals surface area contributed by atoms with Crippen LogP contribution >= 0.6 is 0 Å². The topological polar surface area (TPSA) is 81.0 Å². The second-order valence-electron chi connectivity index (χ2n) is 5.97. The molecule has 5 heteroatoms. The fraction of sp³-hybridized carbons (Fsp3) is 0.0476. The number of aromatic amines is 1. The lowest BCUT2D eigenvalue weighted by molar-refractivity contribution is 0.104. The SMILES string of the molecule is COc1cccc(C(=O)c2c[nH]c3nccc(-c4cccc(N)c4)c23)c1. The van der Waals surface area contributed by atoms with Crippen molar-refractivity contribution in [3.8, 4) is 16.9 Å². The van der Waals surface area contributed by atoms with E-state index in [4.69, 9.17) is 10.5 Å². The second kappa shape index (κ2) is 6.37. The van der Waals surface area contributed by atoms with Crippen LogP contribution in [0.25, 0.3) is 22.2 Å². The predicted octanol–water partition coefficient (Wildman–Crippen LogP) is 4.05. The molecule has 128 valence electrons. The summed E-state index contributed by atoms with van der Waals surface area (Å²) in [5.41, 5.74) is 10.2. The molecule has 2 aromatic carbocycles. The lowest BCUT2D eigenvalue weighted by Crippen LogP contribution is -2.01. The van der Waals surface area contributed by atoms with E-state index in [1.54, 1.807) is 37.7 Å². The first-order chi connectivity index (χ1) is 12.7. The number of nitrogens with one attached hydrogen (secondary N) is 1. The zero-order chi connectivity index (χ0) is 18.1. The third-order valence-corrected chi connectivity index (χ3v) is 4.35. The number of aromatic nitrogens is 2. The number of nitrogens with zero attached hydrogens (tertiary/aromatic N) is 1. The van der Waals surface area contributed by atoms with Gasteiger partial charge in [-0.3, -0.25) is 4.79 Å². The molecule has 0 atom stereocenters. The fourth-order valence-corrected chi connectivity index (χ4v) is 3.10. The highest BCUT2D eigenvalue weighted by atomic mass is 16.5. The summed E-state index contributed by atoms with van der Waals surface area (Å²) in [6.07, 6.45) is 3.42. The molecule has 4 aromatic rings. The second-order valence-corrected chi connectivity index (χ2v) is 5.97. The number of anilines is 1. The van der Waals surface area contributed by atoms with E-state index >= 15 is 0 Å². The van der Waals surface area contributed by atoms with Gasteiger partial charge in [-0.1, -0.05) is 24.3 Å². The van der Waals surface area contributed by atoms with Crippen molar-refractivity contribution in [1.82, 2.24) is 9.97 Å². The van der Waals surface area contributed by atoms with Gasteiger partial charge in [0, 0.05) is 29.0 Å². The summed E-state index contributed by atoms with van der Waals surface area (Å²) in [4.78, 5) is 20.6. The van der Waals surface area contributed by atoms with Gasteiger partial charge in [-0.15, -0.1) is 0 Å². The molecule has 5 nitrogen and oxygen atoms in total. The van der Waals surface area contributed by atoms with Crippen LogP contribution in [0.4, 0.5) is 5.69 Å². The molecule has 3 N–H and O–H groups in total. The highest BCUT2D eigenvalue weighted by Crippen LogP contribution is 2.32. The molecule has 0 amide bonds. The van der Waals surface area contributed by atoms with Crippen molar-refractivity contribution in [3.05, 3.63) is 78.1 Å². The summed E-state index contributed by atoms with van der Waals surface area (Å²) in [5.74, 6) is 0.554. The van der Waals surface area contributed by atoms with Gasteiger partial charge in [-0.2, -0.15) is 0 Å². The van der Waals surface area contributed by atoms with Crippen LogP contribution in [0.3, 0.4) is 0 Å². The minimum atomic E-state index is -0.0895. The molecular formula is C21H17N3O2. The Morgan fingerprint density at radius 1 is 1.12 bits per heavy atom. The van der Waals surface area contributed by atoms with Crippen LogP contribution in [-0.4, -0.2) is 22.9 Å². The van der Waals surface area contributed by atoms with Crippen molar-refractivity contribution < 1.29 is 9.53 Å². The maximum absolute atomic E-state index is 13.1. The van der Waals surface area contributed by atoms with Gasteiger partial charge in [0.15, 0.2) is 5.78 Å². The number of nitrogens with two attached hydrogens (primary N) is 1. The van der Waals surface area contributed by atoms with Crippen LogP contribution < -0.4 is 10.5 Å². The molecule has 2 aromatic heterocycles. The predicted molar refractivity (Wildman–Crippen MR) is 102 cm³/mol. The van der Waals surface area contributed by atoms with Crippen molar-refractivity contribution in [1.29, 1.82) is 0 Å². The van der Waals surface area contributed by atoms with Gasteiger partial charge < -0.3 is 15.5 Å². The highest BCUT2D eigenvalue weighted by Gasteiger charge is 2.18. The minimum absolute atomic E-state index is 0.0895. The summed E-state index contributed by atoms with van der Waals surface area (Å²) < 4.78 is 5.23. The molecule has 0 aliphatic carbocycles. The van der Waals surface area contributed by atoms with Gasteiger partial charge >= 0.3 is 0 Å². The Kier molecular flexibility index (Phi) is 3.89. The summed E-state index contributed by atoms with van der Waals surface area (Å²) in [7, 11) is 1.58. The monoisotopic (exact) mass is 343 g/mol. The van der Waals surface area contributed by atoms with Crippen LogP contribution in [0.2, 0.25) is 0 Å². The third-order valence-electron chi connectivity index (χ3n) is 4.35. The molecule has 4 rings (SSSR count). The number of H-pyrrole nitrogens is 1. The Morgan fingerprint density at radius 3 is 2.77 bits per heavy atom. The van der Waals surface area contributed by atoms with Crippen molar-refractivity contribution in [2.75, 3.05) is 12.8 Å². The molecule has 26 heavy (non-hydrogen) atoms. The zero-order valence-corrected chi connectivity index (χ0v) is 14.2. The average Bonchev–Trinajstić information content (AvgIpc) is 3.11. The molecule has 0 unspecified atom stereocenters. The van der Waals surface area contributed by atoms with E-state index in [0.29, 0.717) is 28.2 Å². The Hall–Kier alpha value is -3.60. The number of carbonyl (C=O) groups excluding carboxylic acids is 1. The summed E-state index contributed by atoms with van der Waals surface area (Å²) in [6.45, 7) is 0. The Balaban J connectivity index is 1.90. The number of fused-ring (bicyclic) bond motifs is 1. The van der Waals surface area contributed by atoms with Crippen LogP contribution in [0.15, 0.2) is 67.0 Å². The molecule has 0 bridgehead atoms. The van der Waals surface area contributed by atoms with E-state index in [2.05, 4.69) is 9.97 Å². The molecule has 2 heterocycles. The van der Waals surface area contributed by atoms with E-state index in [0.717, 1.165) is 16.5 Å². The van der Waals surface area contributed by atoms with Crippen molar-refractivity contribution in [3.63, 3.8) is 0 Å². The quantitative estimate of drug-likeness (QED) is 0.433. The normalized spacial score (nSPS) is 10.8. The van der Waals surface area contributed by atoms with Crippen LogP contribution in [-0.2, 0) is 0 Å². The first kappa shape index (κ1) is 15.9. The first-order valence-electron chi connectivity index (χ1n) is 8.18. The smallest absolute Gasteiger partial charge is 0.195 e. The number of pyridine rings is 1. The fourth-order valence-electron chi connectivity index (χ4n) is 3.10. The largest absolute Gasteiger partial charge is 0.497 e. The Labute approximate surface area is 150 Å². The average molecular weight is 343 g/mol. The summed E-state index contributed by atoms with van der Waals surface area (Å²) >= 11 is 0. The zero-order valence-electron chi connectivity index (χ0n) is 14.2. The number of benzene rings is 2. The van der Waals surface area contributed by atoms with E-state index < -0.39 is 0 Å². The highest BCUT2D eigenvalue weighted by molar-refractivity contribution is 6.18. The Morgan fingerprint density at radius 2 is 1.96 bits per heavy atom. The summed E-state index contributed by atoms with van der Waals surface area (Å²) in [6, 6.07) is 16.6. The molecule has 0 spiro atoms. The molecule has 0 radical (unpaired) electrons.